The molecule has 1 heterocycles. The molecule has 1 saturated heterocycles. The van der Waals surface area contributed by atoms with Crippen LogP contribution in [0.15, 0.2) is 24.3 Å². The molecule has 0 radical (unpaired) electrons. The molecule has 24 heavy (non-hydrogen) atoms. The summed E-state index contributed by atoms with van der Waals surface area (Å²) in [5, 5.41) is 12.3. The molecular formula is C19H31N3O2. The number of piperidine rings is 1. The second kappa shape index (κ2) is 9.16. The number of carbonyl (C=O) groups is 1. The predicted octanol–water partition coefficient (Wildman–Crippen LogP) is 1.42. The quantitative estimate of drug-likeness (QED) is 0.792. The van der Waals surface area contributed by atoms with E-state index in [-0.39, 0.29) is 11.9 Å². The Balaban J connectivity index is 1.85. The lowest BCUT2D eigenvalue weighted by Gasteiger charge is -2.31. The van der Waals surface area contributed by atoms with Gasteiger partial charge in [0.1, 0.15) is 6.04 Å². The van der Waals surface area contributed by atoms with Gasteiger partial charge >= 0.3 is 0 Å². The molecule has 0 bridgehead atoms. The average molecular weight is 333 g/mol. The smallest absolute Gasteiger partial charge is 0.241 e. The molecule has 2 rings (SSSR count). The maximum absolute atomic E-state index is 12.7. The Labute approximate surface area is 145 Å². The van der Waals surface area contributed by atoms with Gasteiger partial charge in [0.15, 0.2) is 0 Å². The van der Waals surface area contributed by atoms with E-state index in [9.17, 15) is 9.90 Å². The van der Waals surface area contributed by atoms with Crippen LogP contribution in [0.1, 0.15) is 30.0 Å². The first-order valence-electron chi connectivity index (χ1n) is 8.85. The first-order valence-corrected chi connectivity index (χ1v) is 8.85. The Kier molecular flexibility index (Phi) is 7.21. The normalized spacial score (nSPS) is 17.9. The highest BCUT2D eigenvalue weighted by Gasteiger charge is 2.24. The van der Waals surface area contributed by atoms with Crippen LogP contribution >= 0.6 is 0 Å². The maximum atomic E-state index is 12.7. The number of hydrogen-bond acceptors (Lipinski definition) is 4. The molecule has 1 aromatic carbocycles. The lowest BCUT2D eigenvalue weighted by molar-refractivity contribution is -0.125. The lowest BCUT2D eigenvalue weighted by atomic mass is 9.98. The summed E-state index contributed by atoms with van der Waals surface area (Å²) >= 11 is 0. The number of nitrogens with one attached hydrogen (secondary N) is 1. The summed E-state index contributed by atoms with van der Waals surface area (Å²) in [6.07, 6.45) is 2.10. The molecule has 5 nitrogen and oxygen atoms in total. The van der Waals surface area contributed by atoms with Gasteiger partial charge in [-0.2, -0.15) is 0 Å². The summed E-state index contributed by atoms with van der Waals surface area (Å²) in [6, 6.07) is 7.80. The van der Waals surface area contributed by atoms with E-state index in [4.69, 9.17) is 0 Å². The number of amides is 1. The Hall–Kier alpha value is -1.43. The molecule has 134 valence electrons. The van der Waals surface area contributed by atoms with Crippen molar-refractivity contribution in [2.24, 2.45) is 5.92 Å². The van der Waals surface area contributed by atoms with Crippen LogP contribution in [-0.4, -0.2) is 67.7 Å². The number of hydrogen-bond donors (Lipinski definition) is 2. The average Bonchev–Trinajstić information content (AvgIpc) is 2.57. The number of rotatable bonds is 7. The standard InChI is InChI=1S/C19H31N3O2/c1-15-6-4-5-7-17(15)18(21(2)3)19(24)20-10-13-22-11-8-16(14-23)9-12-22/h4-7,16,18,23H,8-14H2,1-3H3,(H,20,24)/t18-/m1/s1. The van der Waals surface area contributed by atoms with Crippen molar-refractivity contribution in [2.45, 2.75) is 25.8 Å². The number of likely N-dealkylation sites (tertiary alicyclic amines) is 1. The van der Waals surface area contributed by atoms with Crippen LogP contribution in [0.25, 0.3) is 0 Å². The van der Waals surface area contributed by atoms with Gasteiger partial charge in [0.25, 0.3) is 0 Å². The number of carbonyl (C=O) groups excluding carboxylic acids is 1. The fourth-order valence-electron chi connectivity index (χ4n) is 3.37. The van der Waals surface area contributed by atoms with Gasteiger partial charge in [-0.25, -0.2) is 0 Å². The second-order valence-electron chi connectivity index (χ2n) is 6.98. The predicted molar refractivity (Wildman–Crippen MR) is 96.9 cm³/mol. The van der Waals surface area contributed by atoms with Crippen LogP contribution in [0.5, 0.6) is 0 Å². The van der Waals surface area contributed by atoms with Crippen LogP contribution in [0.4, 0.5) is 0 Å². The summed E-state index contributed by atoms with van der Waals surface area (Å²) in [5.74, 6) is 0.509. The number of benzene rings is 1. The summed E-state index contributed by atoms with van der Waals surface area (Å²) in [7, 11) is 3.88. The Morgan fingerprint density at radius 1 is 1.33 bits per heavy atom. The zero-order valence-corrected chi connectivity index (χ0v) is 15.2. The van der Waals surface area contributed by atoms with Crippen molar-refractivity contribution in [3.8, 4) is 0 Å². The topological polar surface area (TPSA) is 55.8 Å². The monoisotopic (exact) mass is 333 g/mol. The lowest BCUT2D eigenvalue weighted by Crippen LogP contribution is -2.43. The van der Waals surface area contributed by atoms with E-state index >= 15 is 0 Å². The van der Waals surface area contributed by atoms with Crippen molar-refractivity contribution in [3.63, 3.8) is 0 Å². The Morgan fingerprint density at radius 3 is 2.58 bits per heavy atom. The van der Waals surface area contributed by atoms with Crippen LogP contribution in [0, 0.1) is 12.8 Å². The molecule has 1 amide bonds. The first-order chi connectivity index (χ1) is 11.5. The Bertz CT molecular complexity index is 525. The molecule has 0 spiro atoms. The van der Waals surface area contributed by atoms with E-state index in [0.717, 1.165) is 43.6 Å². The van der Waals surface area contributed by atoms with Crippen LogP contribution < -0.4 is 5.32 Å². The molecule has 1 aliphatic heterocycles. The van der Waals surface area contributed by atoms with E-state index in [2.05, 4.69) is 10.2 Å². The molecule has 1 fully saturated rings. The highest BCUT2D eigenvalue weighted by atomic mass is 16.3. The zero-order valence-electron chi connectivity index (χ0n) is 15.2. The van der Waals surface area contributed by atoms with Crippen molar-refractivity contribution >= 4 is 5.91 Å². The van der Waals surface area contributed by atoms with Crippen molar-refractivity contribution in [1.82, 2.24) is 15.1 Å². The van der Waals surface area contributed by atoms with E-state index in [1.54, 1.807) is 0 Å². The highest BCUT2D eigenvalue weighted by Crippen LogP contribution is 2.22. The third kappa shape index (κ3) is 5.03. The van der Waals surface area contributed by atoms with Gasteiger partial charge in [0.05, 0.1) is 0 Å². The summed E-state index contributed by atoms with van der Waals surface area (Å²) in [6.45, 7) is 5.90. The molecule has 1 atom stereocenters. The van der Waals surface area contributed by atoms with Crippen LogP contribution in [0.2, 0.25) is 0 Å². The minimum atomic E-state index is -0.258. The van der Waals surface area contributed by atoms with Gasteiger partial charge in [0, 0.05) is 19.7 Å². The molecule has 1 aromatic rings. The van der Waals surface area contributed by atoms with Gasteiger partial charge in [-0.05, 0) is 64.0 Å². The largest absolute Gasteiger partial charge is 0.396 e. The van der Waals surface area contributed by atoms with Crippen molar-refractivity contribution in [2.75, 3.05) is 46.9 Å². The third-order valence-electron chi connectivity index (χ3n) is 4.94. The minimum Gasteiger partial charge on any atom is -0.396 e. The number of nitrogens with zero attached hydrogens (tertiary/aromatic N) is 2. The van der Waals surface area contributed by atoms with Crippen LogP contribution in [-0.2, 0) is 4.79 Å². The molecule has 0 saturated carbocycles. The number of aliphatic hydroxyl groups excluding tert-OH is 1. The Morgan fingerprint density at radius 2 is 2.00 bits per heavy atom. The van der Waals surface area contributed by atoms with E-state index < -0.39 is 0 Å². The van der Waals surface area contributed by atoms with Crippen molar-refractivity contribution < 1.29 is 9.90 Å². The molecule has 0 aliphatic carbocycles. The summed E-state index contributed by atoms with van der Waals surface area (Å²) < 4.78 is 0. The van der Waals surface area contributed by atoms with Crippen LogP contribution in [0.3, 0.4) is 0 Å². The molecule has 0 aromatic heterocycles. The molecule has 0 unspecified atom stereocenters. The number of aliphatic hydroxyl groups is 1. The maximum Gasteiger partial charge on any atom is 0.241 e. The van der Waals surface area contributed by atoms with Gasteiger partial charge in [-0.15, -0.1) is 0 Å². The zero-order chi connectivity index (χ0) is 17.5. The third-order valence-corrected chi connectivity index (χ3v) is 4.94. The van der Waals surface area contributed by atoms with Gasteiger partial charge in [-0.1, -0.05) is 24.3 Å². The number of likely N-dealkylation sites (N-methyl/N-ethyl adjacent to an activating group) is 1. The summed E-state index contributed by atoms with van der Waals surface area (Å²) in [4.78, 5) is 17.0. The van der Waals surface area contributed by atoms with E-state index in [0.29, 0.717) is 19.1 Å². The molecule has 2 N–H and O–H groups in total. The fraction of sp³-hybridized carbons (Fsp3) is 0.632. The molecular weight excluding hydrogens is 302 g/mol. The van der Waals surface area contributed by atoms with Gasteiger partial charge in [0.2, 0.25) is 5.91 Å². The summed E-state index contributed by atoms with van der Waals surface area (Å²) in [5.41, 5.74) is 2.20. The molecule has 1 aliphatic rings. The SMILES string of the molecule is Cc1ccccc1[C@H](C(=O)NCCN1CCC(CO)CC1)N(C)C. The van der Waals surface area contributed by atoms with Crippen molar-refractivity contribution in [1.29, 1.82) is 0 Å². The number of aryl methyl sites for hydroxylation is 1. The second-order valence-corrected chi connectivity index (χ2v) is 6.98. The van der Waals surface area contributed by atoms with Gasteiger partial charge in [-0.3, -0.25) is 9.69 Å². The van der Waals surface area contributed by atoms with E-state index in [1.165, 1.54) is 0 Å². The highest BCUT2D eigenvalue weighted by molar-refractivity contribution is 5.83. The first kappa shape index (κ1) is 18.9. The minimum absolute atomic E-state index is 0.0551. The van der Waals surface area contributed by atoms with Gasteiger partial charge < -0.3 is 15.3 Å². The van der Waals surface area contributed by atoms with E-state index in [1.807, 2.05) is 50.2 Å². The van der Waals surface area contributed by atoms with Crippen molar-refractivity contribution in [3.05, 3.63) is 35.4 Å². The molecule has 5 heteroatoms. The fourth-order valence-corrected chi connectivity index (χ4v) is 3.37.